The summed E-state index contributed by atoms with van der Waals surface area (Å²) in [6.07, 6.45) is -4.22. The Kier molecular flexibility index (Phi) is 2.53. The zero-order valence-corrected chi connectivity index (χ0v) is 7.29. The van der Waals surface area contributed by atoms with Crippen molar-refractivity contribution in [3.8, 4) is 0 Å². The van der Waals surface area contributed by atoms with Gasteiger partial charge in [0.05, 0.1) is 13.7 Å². The molecule has 0 saturated carbocycles. The van der Waals surface area contributed by atoms with Crippen LogP contribution in [0.3, 0.4) is 0 Å². The summed E-state index contributed by atoms with van der Waals surface area (Å²) >= 11 is 0. The predicted octanol–water partition coefficient (Wildman–Crippen LogP) is 1.75. The number of hydrogen-bond donors (Lipinski definition) is 1. The summed E-state index contributed by atoms with van der Waals surface area (Å²) in [6, 6.07) is 0. The van der Waals surface area contributed by atoms with Gasteiger partial charge in [-0.15, -0.1) is 0 Å². The van der Waals surface area contributed by atoms with E-state index in [0.29, 0.717) is 0 Å². The lowest BCUT2D eigenvalue weighted by atomic mass is 10.7. The van der Waals surface area contributed by atoms with E-state index in [4.69, 9.17) is 5.73 Å². The summed E-state index contributed by atoms with van der Waals surface area (Å²) in [5.74, 6) is 0. The number of hydrogen-bond acceptors (Lipinski definition) is 1. The molecular weight excluding hydrogens is 159 g/mol. The number of rotatable bonds is 1. The molecule has 0 heterocycles. The Morgan fingerprint density at radius 1 is 1.20 bits per heavy atom. The minimum absolute atomic E-state index is 1.60. The van der Waals surface area contributed by atoms with Crippen LogP contribution in [0.25, 0.3) is 0 Å². The number of alkyl halides is 3. The van der Waals surface area contributed by atoms with Crippen LogP contribution in [0.15, 0.2) is 0 Å². The minimum atomic E-state index is -4.22. The summed E-state index contributed by atoms with van der Waals surface area (Å²) in [4.78, 5) is 0. The third-order valence-electron chi connectivity index (χ3n) is 1.29. The Morgan fingerprint density at radius 3 is 1.50 bits per heavy atom. The fourth-order valence-electron chi connectivity index (χ4n) is 0.491. The quantitative estimate of drug-likeness (QED) is 0.598. The summed E-state index contributed by atoms with van der Waals surface area (Å²) in [6.45, 7) is 4.81. The van der Waals surface area contributed by atoms with E-state index in [1.54, 1.807) is 19.6 Å². The maximum absolute atomic E-state index is 11.9. The van der Waals surface area contributed by atoms with Crippen molar-refractivity contribution in [1.82, 2.24) is 0 Å². The van der Waals surface area contributed by atoms with Gasteiger partial charge in [0.15, 0.2) is 0 Å². The van der Waals surface area contributed by atoms with Crippen molar-refractivity contribution in [1.29, 1.82) is 0 Å². The average molecular weight is 171 g/mol. The standard InChI is InChI=1S/C5H12F3NSi/c1-10(2,3)4(9)5(6,7)8/h4H,9H2,1-3H3. The van der Waals surface area contributed by atoms with Crippen LogP contribution < -0.4 is 5.73 Å². The fraction of sp³-hybridized carbons (Fsp3) is 1.00. The Morgan fingerprint density at radius 2 is 1.50 bits per heavy atom. The average Bonchev–Trinajstić information content (AvgIpc) is 1.59. The van der Waals surface area contributed by atoms with Crippen LogP contribution in [-0.4, -0.2) is 19.9 Å². The van der Waals surface area contributed by atoms with E-state index in [9.17, 15) is 13.2 Å². The van der Waals surface area contributed by atoms with Gasteiger partial charge in [-0.05, 0) is 0 Å². The first-order valence-corrected chi connectivity index (χ1v) is 6.55. The van der Waals surface area contributed by atoms with Gasteiger partial charge in [0.25, 0.3) is 0 Å². The van der Waals surface area contributed by atoms with E-state index < -0.39 is 19.9 Å². The van der Waals surface area contributed by atoms with Gasteiger partial charge in [0, 0.05) is 0 Å². The lowest BCUT2D eigenvalue weighted by Crippen LogP contribution is -2.54. The molecule has 0 radical (unpaired) electrons. The molecule has 10 heavy (non-hydrogen) atoms. The fourth-order valence-corrected chi connectivity index (χ4v) is 1.47. The maximum Gasteiger partial charge on any atom is 0.400 e. The van der Waals surface area contributed by atoms with Gasteiger partial charge in [-0.25, -0.2) is 0 Å². The van der Waals surface area contributed by atoms with Crippen LogP contribution in [0.4, 0.5) is 13.2 Å². The molecule has 0 aromatic heterocycles. The molecule has 1 atom stereocenters. The second-order valence-electron chi connectivity index (χ2n) is 3.39. The summed E-state index contributed by atoms with van der Waals surface area (Å²) in [7, 11) is -2.24. The second-order valence-corrected chi connectivity index (χ2v) is 8.74. The van der Waals surface area contributed by atoms with Gasteiger partial charge in [-0.3, -0.25) is 0 Å². The van der Waals surface area contributed by atoms with Crippen LogP contribution in [0.1, 0.15) is 0 Å². The van der Waals surface area contributed by atoms with E-state index in [2.05, 4.69) is 0 Å². The third-order valence-corrected chi connectivity index (χ3v) is 3.48. The summed E-state index contributed by atoms with van der Waals surface area (Å²) in [5.41, 5.74) is 3.37. The highest BCUT2D eigenvalue weighted by Gasteiger charge is 2.44. The van der Waals surface area contributed by atoms with Crippen LogP contribution >= 0.6 is 0 Å². The molecular formula is C5H12F3NSi. The molecule has 0 aromatic rings. The molecule has 0 bridgehead atoms. The highest BCUT2D eigenvalue weighted by Crippen LogP contribution is 2.24. The lowest BCUT2D eigenvalue weighted by Gasteiger charge is -2.26. The Balaban J connectivity index is 4.23. The van der Waals surface area contributed by atoms with Crippen molar-refractivity contribution in [3.63, 3.8) is 0 Å². The molecule has 1 unspecified atom stereocenters. The first kappa shape index (κ1) is 9.97. The molecule has 5 heteroatoms. The molecule has 0 aliphatic rings. The first-order chi connectivity index (χ1) is 4.15. The Labute approximate surface area is 59.4 Å². The van der Waals surface area contributed by atoms with Gasteiger partial charge in [-0.2, -0.15) is 13.2 Å². The van der Waals surface area contributed by atoms with Crippen molar-refractivity contribution in [3.05, 3.63) is 0 Å². The third kappa shape index (κ3) is 2.70. The van der Waals surface area contributed by atoms with Crippen molar-refractivity contribution >= 4 is 8.07 Å². The van der Waals surface area contributed by atoms with Gasteiger partial charge in [-0.1, -0.05) is 19.6 Å². The minimum Gasteiger partial charge on any atom is -0.323 e. The monoisotopic (exact) mass is 171 g/mol. The Bertz CT molecular complexity index is 101. The van der Waals surface area contributed by atoms with E-state index >= 15 is 0 Å². The number of nitrogens with two attached hydrogens (primary N) is 1. The van der Waals surface area contributed by atoms with Crippen LogP contribution in [-0.2, 0) is 0 Å². The largest absolute Gasteiger partial charge is 0.400 e. The highest BCUT2D eigenvalue weighted by atomic mass is 28.3. The van der Waals surface area contributed by atoms with Gasteiger partial charge >= 0.3 is 6.18 Å². The zero-order chi connectivity index (χ0) is 8.58. The molecule has 0 fully saturated rings. The first-order valence-electron chi connectivity index (χ1n) is 2.98. The van der Waals surface area contributed by atoms with Crippen LogP contribution in [0.2, 0.25) is 19.6 Å². The molecule has 0 aromatic carbocycles. The van der Waals surface area contributed by atoms with E-state index in [-0.39, 0.29) is 0 Å². The van der Waals surface area contributed by atoms with Crippen LogP contribution in [0, 0.1) is 0 Å². The number of halogens is 3. The molecule has 0 amide bonds. The maximum atomic E-state index is 11.9. The van der Waals surface area contributed by atoms with Gasteiger partial charge in [0.1, 0.15) is 0 Å². The molecule has 0 saturated heterocycles. The topological polar surface area (TPSA) is 26.0 Å². The van der Waals surface area contributed by atoms with Crippen molar-refractivity contribution in [2.75, 3.05) is 0 Å². The van der Waals surface area contributed by atoms with E-state index in [1.807, 2.05) is 0 Å². The predicted molar refractivity (Wildman–Crippen MR) is 37.4 cm³/mol. The molecule has 62 valence electrons. The molecule has 0 rings (SSSR count). The molecule has 0 aliphatic heterocycles. The van der Waals surface area contributed by atoms with Crippen LogP contribution in [0.5, 0.6) is 0 Å². The van der Waals surface area contributed by atoms with E-state index in [0.717, 1.165) is 0 Å². The molecule has 0 aliphatic carbocycles. The van der Waals surface area contributed by atoms with Crippen molar-refractivity contribution in [2.45, 2.75) is 31.5 Å². The van der Waals surface area contributed by atoms with Gasteiger partial charge < -0.3 is 5.73 Å². The summed E-state index contributed by atoms with van der Waals surface area (Å²) < 4.78 is 35.6. The smallest absolute Gasteiger partial charge is 0.323 e. The lowest BCUT2D eigenvalue weighted by molar-refractivity contribution is -0.131. The normalized spacial score (nSPS) is 17.1. The Hall–Kier alpha value is -0.0331. The SMILES string of the molecule is C[Si](C)(C)C(N)C(F)(F)F. The molecule has 1 nitrogen and oxygen atoms in total. The van der Waals surface area contributed by atoms with Crippen molar-refractivity contribution in [2.24, 2.45) is 5.73 Å². The molecule has 2 N–H and O–H groups in total. The van der Waals surface area contributed by atoms with Crippen molar-refractivity contribution < 1.29 is 13.2 Å². The zero-order valence-electron chi connectivity index (χ0n) is 6.29. The van der Waals surface area contributed by atoms with E-state index in [1.165, 1.54) is 0 Å². The second kappa shape index (κ2) is 2.54. The van der Waals surface area contributed by atoms with Gasteiger partial charge in [0.2, 0.25) is 0 Å². The highest BCUT2D eigenvalue weighted by molar-refractivity contribution is 6.77. The summed E-state index contributed by atoms with van der Waals surface area (Å²) in [5, 5.41) is 0. The molecule has 0 spiro atoms.